The monoisotopic (exact) mass is 1320 g/mol. The number of phosphoric acid groups is 2. The number of carbonyl (C=O) groups excluding carboxylic acids is 4. The summed E-state index contributed by atoms with van der Waals surface area (Å²) in [6.07, 6.45) is 48.2. The zero-order valence-corrected chi connectivity index (χ0v) is 60.2. The van der Waals surface area contributed by atoms with Crippen LogP contribution in [0.15, 0.2) is 0 Å². The van der Waals surface area contributed by atoms with Crippen LogP contribution in [-0.4, -0.2) is 96.7 Å². The third-order valence-electron chi connectivity index (χ3n) is 17.2. The predicted molar refractivity (Wildman–Crippen MR) is 363 cm³/mol. The molecule has 0 spiro atoms. The van der Waals surface area contributed by atoms with Crippen molar-refractivity contribution in [1.82, 2.24) is 0 Å². The lowest BCUT2D eigenvalue weighted by atomic mass is 9.99. The summed E-state index contributed by atoms with van der Waals surface area (Å²) in [5.74, 6) is -0.508. The summed E-state index contributed by atoms with van der Waals surface area (Å²) in [6.45, 7) is 9.61. The average Bonchev–Trinajstić information content (AvgIpc) is 3.50. The van der Waals surface area contributed by atoms with Crippen LogP contribution in [0.3, 0.4) is 0 Å². The van der Waals surface area contributed by atoms with E-state index in [4.69, 9.17) is 37.0 Å². The zero-order chi connectivity index (χ0) is 66.5. The van der Waals surface area contributed by atoms with E-state index < -0.39 is 97.5 Å². The van der Waals surface area contributed by atoms with Gasteiger partial charge in [-0.2, -0.15) is 0 Å². The first kappa shape index (κ1) is 88.1. The predicted octanol–water partition coefficient (Wildman–Crippen LogP) is 20.4. The first-order chi connectivity index (χ1) is 43.4. The second-order valence-electron chi connectivity index (χ2n) is 26.1. The Labute approximate surface area is 549 Å². The molecule has 7 atom stereocenters. The van der Waals surface area contributed by atoms with E-state index in [-0.39, 0.29) is 25.7 Å². The molecule has 90 heavy (non-hydrogen) atoms. The molecular formula is C71H138O17P2. The van der Waals surface area contributed by atoms with Crippen LogP contribution in [0.2, 0.25) is 0 Å². The fraction of sp³-hybridized carbons (Fsp3) is 0.944. The molecule has 0 saturated heterocycles. The fourth-order valence-electron chi connectivity index (χ4n) is 10.7. The van der Waals surface area contributed by atoms with Gasteiger partial charge in [-0.15, -0.1) is 0 Å². The maximum atomic E-state index is 13.0. The number of aliphatic hydroxyl groups excluding tert-OH is 1. The molecule has 0 heterocycles. The molecule has 0 saturated carbocycles. The van der Waals surface area contributed by atoms with Crippen molar-refractivity contribution in [2.24, 2.45) is 11.8 Å². The molecule has 0 fully saturated rings. The van der Waals surface area contributed by atoms with Crippen molar-refractivity contribution in [1.29, 1.82) is 0 Å². The molecule has 0 aromatic rings. The van der Waals surface area contributed by atoms with Gasteiger partial charge in [-0.3, -0.25) is 37.3 Å². The Morgan fingerprint density at radius 2 is 0.533 bits per heavy atom. The van der Waals surface area contributed by atoms with Gasteiger partial charge in [-0.1, -0.05) is 311 Å². The summed E-state index contributed by atoms with van der Waals surface area (Å²) in [4.78, 5) is 72.6. The summed E-state index contributed by atoms with van der Waals surface area (Å²) < 4.78 is 68.3. The third-order valence-corrected chi connectivity index (χ3v) is 19.1. The number of hydrogen-bond donors (Lipinski definition) is 3. The first-order valence-electron chi connectivity index (χ1n) is 37.1. The highest BCUT2D eigenvalue weighted by atomic mass is 31.2. The maximum Gasteiger partial charge on any atom is 0.472 e. The minimum atomic E-state index is -4.95. The average molecular weight is 1330 g/mol. The molecular weight excluding hydrogens is 1190 g/mol. The summed E-state index contributed by atoms with van der Waals surface area (Å²) in [5.41, 5.74) is 0. The van der Waals surface area contributed by atoms with Gasteiger partial charge in [0, 0.05) is 25.7 Å². The smallest absolute Gasteiger partial charge is 0.462 e. The van der Waals surface area contributed by atoms with E-state index in [1.165, 1.54) is 180 Å². The van der Waals surface area contributed by atoms with Crippen molar-refractivity contribution in [2.75, 3.05) is 39.6 Å². The standard InChI is InChI=1S/C71H138O17P2/c1-7-11-13-15-17-19-21-29-35-41-47-53-68(73)81-59-66(87-70(75)55-49-43-37-31-22-20-18-16-14-12-8-2)61-85-89(77,78)83-57-65(72)58-84-90(79,80)86-62-67(88-71(76)56-50-44-38-32-26-24-28-34-40-46-52-64(6)10-4)60-82-69(74)54-48-42-36-30-25-23-27-33-39-45-51-63(5)9-3/h63-67,72H,7-62H2,1-6H3,(H,77,78)(H,79,80)/t63?,64?,65-,66+,67+/m0/s1. The van der Waals surface area contributed by atoms with Crippen molar-refractivity contribution in [3.63, 3.8) is 0 Å². The highest BCUT2D eigenvalue weighted by molar-refractivity contribution is 7.47. The van der Waals surface area contributed by atoms with Crippen LogP contribution in [0.25, 0.3) is 0 Å². The highest BCUT2D eigenvalue weighted by Gasteiger charge is 2.30. The van der Waals surface area contributed by atoms with Crippen LogP contribution >= 0.6 is 15.6 Å². The van der Waals surface area contributed by atoms with E-state index in [0.29, 0.717) is 25.7 Å². The Bertz CT molecular complexity index is 1760. The normalized spacial score (nSPS) is 14.7. The number of phosphoric ester groups is 2. The van der Waals surface area contributed by atoms with Crippen LogP contribution in [0.4, 0.5) is 0 Å². The number of ether oxygens (including phenoxy) is 4. The number of hydrogen-bond acceptors (Lipinski definition) is 15. The van der Waals surface area contributed by atoms with Crippen LogP contribution in [-0.2, 0) is 65.4 Å². The Kier molecular flexibility index (Phi) is 61.8. The van der Waals surface area contributed by atoms with Crippen molar-refractivity contribution >= 4 is 39.5 Å². The molecule has 0 radical (unpaired) electrons. The molecule has 0 aromatic carbocycles. The van der Waals surface area contributed by atoms with Gasteiger partial charge in [0.15, 0.2) is 12.2 Å². The van der Waals surface area contributed by atoms with E-state index in [2.05, 4.69) is 41.5 Å². The largest absolute Gasteiger partial charge is 0.472 e. The SMILES string of the molecule is CCCCCCCCCCCCCC(=O)OC[C@H](COP(=O)(O)OC[C@H](O)COP(=O)(O)OC[C@@H](COC(=O)CCCCCCCCCCCCC(C)CC)OC(=O)CCCCCCCCCCCCC(C)CC)OC(=O)CCCCCCCCCCCCC. The summed E-state index contributed by atoms with van der Waals surface area (Å²) >= 11 is 0. The quantitative estimate of drug-likeness (QED) is 0.0222. The molecule has 0 aromatic heterocycles. The molecule has 0 aliphatic rings. The minimum absolute atomic E-state index is 0.106. The molecule has 0 aliphatic carbocycles. The van der Waals surface area contributed by atoms with Crippen LogP contribution < -0.4 is 0 Å². The Morgan fingerprint density at radius 1 is 0.311 bits per heavy atom. The molecule has 3 N–H and O–H groups in total. The number of rotatable bonds is 70. The van der Waals surface area contributed by atoms with Crippen molar-refractivity contribution in [3.05, 3.63) is 0 Å². The van der Waals surface area contributed by atoms with Gasteiger partial charge in [0.1, 0.15) is 19.3 Å². The molecule has 4 unspecified atom stereocenters. The van der Waals surface area contributed by atoms with Crippen LogP contribution in [0.5, 0.6) is 0 Å². The van der Waals surface area contributed by atoms with Gasteiger partial charge in [-0.25, -0.2) is 9.13 Å². The summed E-state index contributed by atoms with van der Waals surface area (Å²) in [7, 11) is -9.90. The van der Waals surface area contributed by atoms with E-state index >= 15 is 0 Å². The second kappa shape index (κ2) is 63.1. The Hall–Kier alpha value is -1.94. The van der Waals surface area contributed by atoms with Gasteiger partial charge >= 0.3 is 39.5 Å². The van der Waals surface area contributed by atoms with E-state index in [9.17, 15) is 43.2 Å². The van der Waals surface area contributed by atoms with E-state index in [1.54, 1.807) is 0 Å². The van der Waals surface area contributed by atoms with Gasteiger partial charge in [-0.05, 0) is 37.5 Å². The summed E-state index contributed by atoms with van der Waals surface area (Å²) in [5, 5.41) is 10.6. The highest BCUT2D eigenvalue weighted by Crippen LogP contribution is 2.45. The number of esters is 4. The Balaban J connectivity index is 5.26. The lowest BCUT2D eigenvalue weighted by Crippen LogP contribution is -2.30. The molecule has 0 rings (SSSR count). The van der Waals surface area contributed by atoms with E-state index in [1.807, 2.05) is 0 Å². The molecule has 19 heteroatoms. The van der Waals surface area contributed by atoms with Gasteiger partial charge in [0.25, 0.3) is 0 Å². The van der Waals surface area contributed by atoms with Crippen molar-refractivity contribution < 1.29 is 80.2 Å². The minimum Gasteiger partial charge on any atom is -0.462 e. The molecule has 0 aliphatic heterocycles. The first-order valence-corrected chi connectivity index (χ1v) is 40.1. The van der Waals surface area contributed by atoms with Crippen LogP contribution in [0, 0.1) is 11.8 Å². The lowest BCUT2D eigenvalue weighted by molar-refractivity contribution is -0.161. The topological polar surface area (TPSA) is 237 Å². The summed E-state index contributed by atoms with van der Waals surface area (Å²) in [6, 6.07) is 0. The fourth-order valence-corrected chi connectivity index (χ4v) is 12.3. The van der Waals surface area contributed by atoms with Gasteiger partial charge in [0.2, 0.25) is 0 Å². The van der Waals surface area contributed by atoms with Gasteiger partial charge < -0.3 is 33.8 Å². The number of aliphatic hydroxyl groups is 1. The molecule has 0 bridgehead atoms. The molecule has 0 amide bonds. The maximum absolute atomic E-state index is 13.0. The second-order valence-corrected chi connectivity index (χ2v) is 29.0. The van der Waals surface area contributed by atoms with Crippen LogP contribution in [0.1, 0.15) is 363 Å². The molecule has 17 nitrogen and oxygen atoms in total. The van der Waals surface area contributed by atoms with E-state index in [0.717, 1.165) is 102 Å². The van der Waals surface area contributed by atoms with Crippen molar-refractivity contribution in [2.45, 2.75) is 381 Å². The van der Waals surface area contributed by atoms with Gasteiger partial charge in [0.05, 0.1) is 26.4 Å². The molecule has 534 valence electrons. The zero-order valence-electron chi connectivity index (χ0n) is 58.4. The number of unbranched alkanes of at least 4 members (excludes halogenated alkanes) is 38. The number of carbonyl (C=O) groups is 4. The van der Waals surface area contributed by atoms with Crippen molar-refractivity contribution in [3.8, 4) is 0 Å². The third kappa shape index (κ3) is 62.2. The lowest BCUT2D eigenvalue weighted by Gasteiger charge is -2.21. The Morgan fingerprint density at radius 3 is 0.789 bits per heavy atom.